The zero-order valence-corrected chi connectivity index (χ0v) is 7.79. The van der Waals surface area contributed by atoms with E-state index in [1.54, 1.807) is 7.11 Å². The SMILES string of the molecule is COCC1CCC(CCC=O)C1. The molecule has 1 rings (SSSR count). The highest BCUT2D eigenvalue weighted by molar-refractivity contribution is 5.49. The van der Waals surface area contributed by atoms with Gasteiger partial charge in [-0.25, -0.2) is 0 Å². The maximum absolute atomic E-state index is 10.1. The smallest absolute Gasteiger partial charge is 0.120 e. The number of hydrogen-bond donors (Lipinski definition) is 0. The van der Waals surface area contributed by atoms with Crippen molar-refractivity contribution in [3.63, 3.8) is 0 Å². The van der Waals surface area contributed by atoms with Crippen LogP contribution in [0.4, 0.5) is 0 Å². The van der Waals surface area contributed by atoms with Crippen molar-refractivity contribution in [3.05, 3.63) is 0 Å². The van der Waals surface area contributed by atoms with Crippen LogP contribution in [0.3, 0.4) is 0 Å². The normalized spacial score (nSPS) is 29.1. The highest BCUT2D eigenvalue weighted by atomic mass is 16.5. The van der Waals surface area contributed by atoms with Crippen LogP contribution in [-0.2, 0) is 9.53 Å². The minimum Gasteiger partial charge on any atom is -0.384 e. The molecule has 2 atom stereocenters. The lowest BCUT2D eigenvalue weighted by molar-refractivity contribution is -0.108. The van der Waals surface area contributed by atoms with E-state index in [4.69, 9.17) is 4.74 Å². The first-order valence-corrected chi connectivity index (χ1v) is 4.79. The number of hydrogen-bond acceptors (Lipinski definition) is 2. The summed E-state index contributed by atoms with van der Waals surface area (Å²) in [6, 6.07) is 0. The topological polar surface area (TPSA) is 26.3 Å². The molecule has 0 radical (unpaired) electrons. The molecule has 70 valence electrons. The lowest BCUT2D eigenvalue weighted by Crippen LogP contribution is -2.03. The molecule has 0 aromatic heterocycles. The first-order chi connectivity index (χ1) is 5.86. The summed E-state index contributed by atoms with van der Waals surface area (Å²) in [5, 5.41) is 0. The Bertz CT molecular complexity index is 134. The number of methoxy groups -OCH3 is 1. The third kappa shape index (κ3) is 2.94. The molecule has 0 amide bonds. The highest BCUT2D eigenvalue weighted by Crippen LogP contribution is 2.33. The van der Waals surface area contributed by atoms with Crippen molar-refractivity contribution >= 4 is 6.29 Å². The monoisotopic (exact) mass is 170 g/mol. The Hall–Kier alpha value is -0.370. The predicted molar refractivity (Wildman–Crippen MR) is 48.0 cm³/mol. The molecule has 2 nitrogen and oxygen atoms in total. The molecule has 0 N–H and O–H groups in total. The van der Waals surface area contributed by atoms with Gasteiger partial charge in [0.2, 0.25) is 0 Å². The van der Waals surface area contributed by atoms with Gasteiger partial charge in [-0.05, 0) is 31.1 Å². The van der Waals surface area contributed by atoms with Gasteiger partial charge in [0, 0.05) is 20.1 Å². The summed E-state index contributed by atoms with van der Waals surface area (Å²) in [7, 11) is 1.76. The molecule has 12 heavy (non-hydrogen) atoms. The average Bonchev–Trinajstić information content (AvgIpc) is 2.50. The molecule has 0 heterocycles. The average molecular weight is 170 g/mol. The van der Waals surface area contributed by atoms with Gasteiger partial charge in [0.05, 0.1) is 0 Å². The van der Waals surface area contributed by atoms with E-state index in [-0.39, 0.29) is 0 Å². The number of carbonyl (C=O) groups is 1. The van der Waals surface area contributed by atoms with Gasteiger partial charge in [0.25, 0.3) is 0 Å². The molecule has 1 saturated carbocycles. The van der Waals surface area contributed by atoms with Gasteiger partial charge < -0.3 is 9.53 Å². The fourth-order valence-corrected chi connectivity index (χ4v) is 2.13. The van der Waals surface area contributed by atoms with Gasteiger partial charge in [-0.3, -0.25) is 0 Å². The van der Waals surface area contributed by atoms with Gasteiger partial charge >= 0.3 is 0 Å². The molecular weight excluding hydrogens is 152 g/mol. The summed E-state index contributed by atoms with van der Waals surface area (Å²) in [6.07, 6.45) is 6.71. The summed E-state index contributed by atoms with van der Waals surface area (Å²) in [4.78, 5) is 10.1. The molecule has 2 unspecified atom stereocenters. The van der Waals surface area contributed by atoms with Crippen molar-refractivity contribution in [2.24, 2.45) is 11.8 Å². The Kier molecular flexibility index (Phi) is 4.30. The molecule has 0 aromatic carbocycles. The number of aldehydes is 1. The fraction of sp³-hybridized carbons (Fsp3) is 0.900. The Labute approximate surface area is 74.3 Å². The van der Waals surface area contributed by atoms with E-state index in [9.17, 15) is 4.79 Å². The first-order valence-electron chi connectivity index (χ1n) is 4.79. The van der Waals surface area contributed by atoms with Gasteiger partial charge in [-0.1, -0.05) is 6.42 Å². The van der Waals surface area contributed by atoms with Crippen LogP contribution in [-0.4, -0.2) is 20.0 Å². The summed E-state index contributed by atoms with van der Waals surface area (Å²) < 4.78 is 5.11. The summed E-state index contributed by atoms with van der Waals surface area (Å²) >= 11 is 0. The standard InChI is InChI=1S/C10H18O2/c1-12-8-10-5-4-9(7-10)3-2-6-11/h6,9-10H,2-5,7-8H2,1H3. The quantitative estimate of drug-likeness (QED) is 0.590. The third-order valence-corrected chi connectivity index (χ3v) is 2.74. The number of ether oxygens (including phenoxy) is 1. The fourth-order valence-electron chi connectivity index (χ4n) is 2.13. The first kappa shape index (κ1) is 9.72. The summed E-state index contributed by atoms with van der Waals surface area (Å²) in [6.45, 7) is 0.900. The van der Waals surface area contributed by atoms with E-state index in [1.165, 1.54) is 19.3 Å². The molecular formula is C10H18O2. The molecule has 0 spiro atoms. The van der Waals surface area contributed by atoms with Crippen LogP contribution in [0, 0.1) is 11.8 Å². The van der Waals surface area contributed by atoms with Gasteiger partial charge in [-0.2, -0.15) is 0 Å². The molecule has 1 aliphatic carbocycles. The second kappa shape index (κ2) is 5.31. The van der Waals surface area contributed by atoms with Crippen LogP contribution >= 0.6 is 0 Å². The predicted octanol–water partition coefficient (Wildman–Crippen LogP) is 2.03. The largest absolute Gasteiger partial charge is 0.384 e. The molecule has 0 aliphatic heterocycles. The van der Waals surface area contributed by atoms with Crippen LogP contribution in [0.2, 0.25) is 0 Å². The second-order valence-corrected chi connectivity index (χ2v) is 3.74. The van der Waals surface area contributed by atoms with E-state index >= 15 is 0 Å². The summed E-state index contributed by atoms with van der Waals surface area (Å²) in [5.41, 5.74) is 0. The van der Waals surface area contributed by atoms with E-state index in [2.05, 4.69) is 0 Å². The van der Waals surface area contributed by atoms with Crippen LogP contribution in [0.5, 0.6) is 0 Å². The van der Waals surface area contributed by atoms with Crippen molar-refractivity contribution in [1.82, 2.24) is 0 Å². The molecule has 1 fully saturated rings. The maximum Gasteiger partial charge on any atom is 0.120 e. The maximum atomic E-state index is 10.1. The van der Waals surface area contributed by atoms with Crippen molar-refractivity contribution < 1.29 is 9.53 Å². The van der Waals surface area contributed by atoms with Crippen LogP contribution in [0.15, 0.2) is 0 Å². The Balaban J connectivity index is 2.12. The minimum absolute atomic E-state index is 0.740. The molecule has 1 aliphatic rings. The van der Waals surface area contributed by atoms with Crippen LogP contribution in [0.1, 0.15) is 32.1 Å². The van der Waals surface area contributed by atoms with Crippen molar-refractivity contribution in [2.45, 2.75) is 32.1 Å². The van der Waals surface area contributed by atoms with Crippen molar-refractivity contribution in [2.75, 3.05) is 13.7 Å². The minimum atomic E-state index is 0.740. The number of carbonyl (C=O) groups excluding carboxylic acids is 1. The van der Waals surface area contributed by atoms with Gasteiger partial charge in [-0.15, -0.1) is 0 Å². The second-order valence-electron chi connectivity index (χ2n) is 3.74. The summed E-state index contributed by atoms with van der Waals surface area (Å²) in [5.74, 6) is 1.54. The van der Waals surface area contributed by atoms with E-state index in [1.807, 2.05) is 0 Å². The highest BCUT2D eigenvalue weighted by Gasteiger charge is 2.23. The Morgan fingerprint density at radius 2 is 2.17 bits per heavy atom. The van der Waals surface area contributed by atoms with Crippen LogP contribution < -0.4 is 0 Å². The number of rotatable bonds is 5. The lowest BCUT2D eigenvalue weighted by Gasteiger charge is -2.08. The molecule has 2 heteroatoms. The van der Waals surface area contributed by atoms with Gasteiger partial charge in [0.15, 0.2) is 0 Å². The van der Waals surface area contributed by atoms with Crippen molar-refractivity contribution in [3.8, 4) is 0 Å². The lowest BCUT2D eigenvalue weighted by atomic mass is 10.0. The Morgan fingerprint density at radius 1 is 1.42 bits per heavy atom. The van der Waals surface area contributed by atoms with E-state index in [0.29, 0.717) is 0 Å². The Morgan fingerprint density at radius 3 is 2.83 bits per heavy atom. The van der Waals surface area contributed by atoms with Crippen LogP contribution in [0.25, 0.3) is 0 Å². The molecule has 0 aromatic rings. The van der Waals surface area contributed by atoms with Gasteiger partial charge in [0.1, 0.15) is 6.29 Å². The molecule has 0 saturated heterocycles. The molecule has 0 bridgehead atoms. The zero-order chi connectivity index (χ0) is 8.81. The third-order valence-electron chi connectivity index (χ3n) is 2.74. The van der Waals surface area contributed by atoms with Crippen molar-refractivity contribution in [1.29, 1.82) is 0 Å². The zero-order valence-electron chi connectivity index (χ0n) is 7.79. The van der Waals surface area contributed by atoms with E-state index < -0.39 is 0 Å². The van der Waals surface area contributed by atoms with E-state index in [0.717, 1.165) is 37.6 Å².